The third kappa shape index (κ3) is 7.28. The highest BCUT2D eigenvalue weighted by molar-refractivity contribution is 9.10. The van der Waals surface area contributed by atoms with Crippen molar-refractivity contribution in [3.63, 3.8) is 0 Å². The van der Waals surface area contributed by atoms with Crippen molar-refractivity contribution in [2.24, 2.45) is 0 Å². The summed E-state index contributed by atoms with van der Waals surface area (Å²) in [5, 5.41) is 6.98. The summed E-state index contributed by atoms with van der Waals surface area (Å²) in [5.41, 5.74) is 2.10. The molecule has 3 aromatic rings. The number of nitrogens with one attached hydrogen (secondary N) is 2. The summed E-state index contributed by atoms with van der Waals surface area (Å²) in [7, 11) is 2.03. The van der Waals surface area contributed by atoms with Crippen molar-refractivity contribution >= 4 is 49.9 Å². The molecule has 1 unspecified atom stereocenters. The Hall–Kier alpha value is -3.01. The summed E-state index contributed by atoms with van der Waals surface area (Å²) in [6.07, 6.45) is 8.50. The van der Waals surface area contributed by atoms with Gasteiger partial charge in [-0.2, -0.15) is 0 Å². The lowest BCUT2D eigenvalue weighted by Gasteiger charge is -2.29. The van der Waals surface area contributed by atoms with Crippen LogP contribution in [-0.4, -0.2) is 53.3 Å². The number of hydrogen-bond acceptors (Lipinski definition) is 7. The monoisotopic (exact) mass is 567 g/mol. The summed E-state index contributed by atoms with van der Waals surface area (Å²) in [4.78, 5) is 23.3. The first kappa shape index (κ1) is 27.0. The van der Waals surface area contributed by atoms with Crippen LogP contribution < -0.4 is 15.4 Å². The van der Waals surface area contributed by atoms with E-state index in [0.29, 0.717) is 35.5 Å². The molecular weight excluding hydrogens is 534 g/mol. The second-order valence-electron chi connectivity index (χ2n) is 9.16. The number of rotatable bonds is 12. The molecule has 0 radical (unpaired) electrons. The molecule has 196 valence electrons. The number of hydrogen-bond donors (Lipinski definition) is 2. The van der Waals surface area contributed by atoms with E-state index in [0.717, 1.165) is 41.4 Å². The van der Waals surface area contributed by atoms with Crippen molar-refractivity contribution in [1.29, 1.82) is 0 Å². The molecule has 1 heterocycles. The molecule has 0 spiro atoms. The summed E-state index contributed by atoms with van der Waals surface area (Å²) < 4.78 is 13.4. The maximum absolute atomic E-state index is 12.3. The fourth-order valence-corrected chi connectivity index (χ4v) is 4.86. The van der Waals surface area contributed by atoms with Crippen molar-refractivity contribution in [3.05, 3.63) is 59.9 Å². The highest BCUT2D eigenvalue weighted by Crippen LogP contribution is 2.34. The number of anilines is 3. The molecule has 1 atom stereocenters. The van der Waals surface area contributed by atoms with Crippen molar-refractivity contribution in [1.82, 2.24) is 14.9 Å². The fourth-order valence-electron chi connectivity index (χ4n) is 4.46. The van der Waals surface area contributed by atoms with E-state index in [4.69, 9.17) is 9.47 Å². The summed E-state index contributed by atoms with van der Waals surface area (Å²) in [6.45, 7) is 7.07. The third-order valence-electron chi connectivity index (χ3n) is 6.47. The number of amides is 1. The Morgan fingerprint density at radius 2 is 2.08 bits per heavy atom. The number of halogens is 1. The second-order valence-corrected chi connectivity index (χ2v) is 10.1. The van der Waals surface area contributed by atoms with Crippen LogP contribution in [0.4, 0.5) is 17.2 Å². The Morgan fingerprint density at radius 1 is 1.27 bits per heavy atom. The lowest BCUT2D eigenvalue weighted by atomic mass is 10.1. The number of nitrogens with zero attached hydrogens (tertiary/aromatic N) is 3. The van der Waals surface area contributed by atoms with Crippen LogP contribution in [0.1, 0.15) is 39.0 Å². The molecule has 1 aliphatic rings. The number of carbonyl (C=O) groups is 1. The Labute approximate surface area is 226 Å². The molecule has 2 N–H and O–H groups in total. The molecule has 1 aliphatic carbocycles. The van der Waals surface area contributed by atoms with Gasteiger partial charge in [0.1, 0.15) is 17.9 Å². The average Bonchev–Trinajstić information content (AvgIpc) is 3.41. The predicted octanol–water partition coefficient (Wildman–Crippen LogP) is 6.27. The molecular formula is C28H34BrN5O3. The standard InChI is InChI=1S/C28H34BrN5O3/c1-4-26(35)33-24-16-22-23(30-18-31-28(22)32-20-10-8-9-19(29)15-20)17-25(24)37-27(5-2)34(3)13-14-36-21-11-6-7-12-21/h4,8-10,15-18,21,27H,1,5-7,11-14H2,2-3H3,(H,33,35)(H,30,31,32). The van der Waals surface area contributed by atoms with Crippen LogP contribution in [0.25, 0.3) is 10.9 Å². The van der Waals surface area contributed by atoms with Gasteiger partial charge >= 0.3 is 0 Å². The molecule has 0 bridgehead atoms. The molecule has 8 nitrogen and oxygen atoms in total. The van der Waals surface area contributed by atoms with Crippen LogP contribution in [-0.2, 0) is 9.53 Å². The highest BCUT2D eigenvalue weighted by atomic mass is 79.9. The summed E-state index contributed by atoms with van der Waals surface area (Å²) in [5.74, 6) is 0.830. The molecule has 1 aromatic heterocycles. The van der Waals surface area contributed by atoms with Crippen molar-refractivity contribution in [2.75, 3.05) is 30.8 Å². The summed E-state index contributed by atoms with van der Waals surface area (Å²) >= 11 is 3.50. The number of aromatic nitrogens is 2. The Morgan fingerprint density at radius 3 is 2.81 bits per heavy atom. The number of benzene rings is 2. The smallest absolute Gasteiger partial charge is 0.247 e. The van der Waals surface area contributed by atoms with Crippen molar-refractivity contribution in [3.8, 4) is 5.75 Å². The molecule has 1 amide bonds. The number of likely N-dealkylation sites (N-methyl/N-ethyl adjacent to an activating group) is 1. The van der Waals surface area contributed by atoms with E-state index < -0.39 is 0 Å². The van der Waals surface area contributed by atoms with Crippen molar-refractivity contribution < 1.29 is 14.3 Å². The van der Waals surface area contributed by atoms with E-state index in [-0.39, 0.29) is 12.1 Å². The highest BCUT2D eigenvalue weighted by Gasteiger charge is 2.20. The quantitative estimate of drug-likeness (QED) is 0.197. The van der Waals surface area contributed by atoms with Gasteiger partial charge in [0.2, 0.25) is 5.91 Å². The second kappa shape index (κ2) is 13.0. The fraction of sp³-hybridized carbons (Fsp3) is 0.393. The zero-order valence-electron chi connectivity index (χ0n) is 21.4. The average molecular weight is 569 g/mol. The molecule has 4 rings (SSSR count). The van der Waals surface area contributed by atoms with Gasteiger partial charge in [-0.25, -0.2) is 9.97 Å². The van der Waals surface area contributed by atoms with Gasteiger partial charge in [-0.15, -0.1) is 0 Å². The van der Waals surface area contributed by atoms with E-state index in [1.165, 1.54) is 25.2 Å². The first-order valence-electron chi connectivity index (χ1n) is 12.7. The number of carbonyl (C=O) groups excluding carboxylic acids is 1. The van der Waals surface area contributed by atoms with Crippen molar-refractivity contribution in [2.45, 2.75) is 51.4 Å². The minimum Gasteiger partial charge on any atom is -0.473 e. The van der Waals surface area contributed by atoms with E-state index in [9.17, 15) is 4.79 Å². The maximum atomic E-state index is 12.3. The van der Waals surface area contributed by atoms with E-state index in [2.05, 4.69) is 54.9 Å². The van der Waals surface area contributed by atoms with Gasteiger partial charge < -0.3 is 20.1 Å². The maximum Gasteiger partial charge on any atom is 0.247 e. The zero-order valence-corrected chi connectivity index (χ0v) is 23.0. The Kier molecular flexibility index (Phi) is 9.49. The Balaban J connectivity index is 1.57. The summed E-state index contributed by atoms with van der Waals surface area (Å²) in [6, 6.07) is 11.5. The molecule has 0 saturated heterocycles. The van der Waals surface area contributed by atoms with Gasteiger partial charge in [-0.3, -0.25) is 9.69 Å². The number of ether oxygens (including phenoxy) is 2. The zero-order chi connectivity index (χ0) is 26.2. The van der Waals surface area contributed by atoms with E-state index in [1.54, 1.807) is 0 Å². The Bertz CT molecular complexity index is 1230. The topological polar surface area (TPSA) is 88.6 Å². The predicted molar refractivity (Wildman–Crippen MR) is 151 cm³/mol. The van der Waals surface area contributed by atoms with Gasteiger partial charge in [-0.1, -0.05) is 48.3 Å². The van der Waals surface area contributed by atoms with Crippen LogP contribution in [0, 0.1) is 0 Å². The van der Waals surface area contributed by atoms with Gasteiger partial charge in [0, 0.05) is 28.2 Å². The van der Waals surface area contributed by atoms with Gasteiger partial charge in [0.05, 0.1) is 23.9 Å². The van der Waals surface area contributed by atoms with E-state index >= 15 is 0 Å². The third-order valence-corrected chi connectivity index (χ3v) is 6.96. The molecule has 2 aromatic carbocycles. The molecule has 0 aliphatic heterocycles. The lowest BCUT2D eigenvalue weighted by molar-refractivity contribution is -0.111. The lowest BCUT2D eigenvalue weighted by Crippen LogP contribution is -2.38. The first-order chi connectivity index (χ1) is 18.0. The van der Waals surface area contributed by atoms with Crippen LogP contribution >= 0.6 is 15.9 Å². The molecule has 1 saturated carbocycles. The van der Waals surface area contributed by atoms with Gasteiger partial charge in [-0.05, 0) is 56.7 Å². The SMILES string of the molecule is C=CC(=O)Nc1cc2c(Nc3cccc(Br)c3)ncnc2cc1OC(CC)N(C)CCOC1CCCC1. The minimum atomic E-state index is -0.325. The molecule has 1 fully saturated rings. The van der Waals surface area contributed by atoms with Gasteiger partial charge in [0.25, 0.3) is 0 Å². The first-order valence-corrected chi connectivity index (χ1v) is 13.5. The largest absolute Gasteiger partial charge is 0.473 e. The minimum absolute atomic E-state index is 0.204. The van der Waals surface area contributed by atoms with Crippen LogP contribution in [0.15, 0.2) is 59.9 Å². The van der Waals surface area contributed by atoms with Crippen LogP contribution in [0.5, 0.6) is 5.75 Å². The number of fused-ring (bicyclic) bond motifs is 1. The van der Waals surface area contributed by atoms with Gasteiger partial charge in [0.15, 0.2) is 6.23 Å². The molecule has 9 heteroatoms. The van der Waals surface area contributed by atoms with Crippen LogP contribution in [0.3, 0.4) is 0 Å². The molecule has 37 heavy (non-hydrogen) atoms. The van der Waals surface area contributed by atoms with Crippen LogP contribution in [0.2, 0.25) is 0 Å². The normalized spacial score (nSPS) is 14.6. The van der Waals surface area contributed by atoms with E-state index in [1.807, 2.05) is 43.4 Å².